The molecule has 1 heteroatoms. The van der Waals surface area contributed by atoms with Crippen LogP contribution < -0.4 is 5.32 Å². The first-order valence-electron chi connectivity index (χ1n) is 7.11. The van der Waals surface area contributed by atoms with E-state index in [1.165, 1.54) is 22.3 Å². The molecule has 0 unspecified atom stereocenters. The van der Waals surface area contributed by atoms with E-state index in [0.717, 1.165) is 13.0 Å². The van der Waals surface area contributed by atoms with Crippen LogP contribution in [0.15, 0.2) is 48.5 Å². The van der Waals surface area contributed by atoms with Gasteiger partial charge in [-0.2, -0.15) is 0 Å². The second-order valence-electron chi connectivity index (χ2n) is 5.24. The van der Waals surface area contributed by atoms with Crippen LogP contribution in [0.2, 0.25) is 0 Å². The van der Waals surface area contributed by atoms with E-state index in [1.54, 1.807) is 0 Å². The Bertz CT molecular complexity index is 511. The molecule has 0 saturated heterocycles. The lowest BCUT2D eigenvalue weighted by Crippen LogP contribution is -2.22. The van der Waals surface area contributed by atoms with Crippen LogP contribution in [0.3, 0.4) is 0 Å². The van der Waals surface area contributed by atoms with Crippen LogP contribution in [0.1, 0.15) is 31.9 Å². The van der Waals surface area contributed by atoms with Gasteiger partial charge < -0.3 is 5.32 Å². The van der Waals surface area contributed by atoms with Gasteiger partial charge in [0.15, 0.2) is 0 Å². The van der Waals surface area contributed by atoms with Crippen molar-refractivity contribution in [1.82, 2.24) is 5.32 Å². The molecule has 1 nitrogen and oxygen atoms in total. The van der Waals surface area contributed by atoms with Crippen molar-refractivity contribution in [3.05, 3.63) is 59.7 Å². The molecule has 0 bridgehead atoms. The summed E-state index contributed by atoms with van der Waals surface area (Å²) in [5, 5.41) is 3.49. The molecule has 0 aliphatic rings. The lowest BCUT2D eigenvalue weighted by atomic mass is 9.98. The lowest BCUT2D eigenvalue weighted by molar-refractivity contribution is 0.589. The largest absolute Gasteiger partial charge is 0.310 e. The number of hydrogen-bond acceptors (Lipinski definition) is 1. The summed E-state index contributed by atoms with van der Waals surface area (Å²) in [5.74, 6) is 0. The molecule has 0 aliphatic carbocycles. The highest BCUT2D eigenvalue weighted by Crippen LogP contribution is 2.24. The molecule has 0 spiro atoms. The van der Waals surface area contributed by atoms with Crippen LogP contribution in [0.25, 0.3) is 11.1 Å². The van der Waals surface area contributed by atoms with E-state index in [1.807, 2.05) is 0 Å². The van der Waals surface area contributed by atoms with Crippen molar-refractivity contribution in [1.29, 1.82) is 0 Å². The summed E-state index contributed by atoms with van der Waals surface area (Å²) in [4.78, 5) is 0. The molecule has 0 fully saturated rings. The molecule has 0 radical (unpaired) electrons. The Hall–Kier alpha value is -1.60. The van der Waals surface area contributed by atoms with Gasteiger partial charge in [-0.05, 0) is 28.7 Å². The van der Waals surface area contributed by atoms with Crippen molar-refractivity contribution in [2.45, 2.75) is 39.8 Å². The minimum atomic E-state index is 0.510. The van der Waals surface area contributed by atoms with Crippen LogP contribution in [0, 0.1) is 0 Å². The second-order valence-corrected chi connectivity index (χ2v) is 5.24. The number of aryl methyl sites for hydroxylation is 1. The van der Waals surface area contributed by atoms with Crippen LogP contribution in [0.5, 0.6) is 0 Å². The quantitative estimate of drug-likeness (QED) is 0.832. The molecule has 0 saturated carbocycles. The molecule has 19 heavy (non-hydrogen) atoms. The van der Waals surface area contributed by atoms with E-state index >= 15 is 0 Å². The summed E-state index contributed by atoms with van der Waals surface area (Å²) < 4.78 is 0. The molecule has 0 aromatic heterocycles. The smallest absolute Gasteiger partial charge is 0.0214 e. The normalized spacial score (nSPS) is 10.9. The van der Waals surface area contributed by atoms with Crippen LogP contribution >= 0.6 is 0 Å². The van der Waals surface area contributed by atoms with E-state index in [-0.39, 0.29) is 0 Å². The minimum absolute atomic E-state index is 0.510. The first-order chi connectivity index (χ1) is 9.20. The molecule has 0 heterocycles. The molecular weight excluding hydrogens is 230 g/mol. The molecule has 100 valence electrons. The molecule has 2 aromatic rings. The molecule has 1 N–H and O–H groups in total. The molecule has 0 amide bonds. The van der Waals surface area contributed by atoms with E-state index in [4.69, 9.17) is 0 Å². The third kappa shape index (κ3) is 3.68. The van der Waals surface area contributed by atoms with Crippen molar-refractivity contribution in [3.63, 3.8) is 0 Å². The van der Waals surface area contributed by atoms with E-state index < -0.39 is 0 Å². The van der Waals surface area contributed by atoms with E-state index in [0.29, 0.717) is 6.04 Å². The van der Waals surface area contributed by atoms with Gasteiger partial charge in [0.25, 0.3) is 0 Å². The highest BCUT2D eigenvalue weighted by atomic mass is 14.9. The summed E-state index contributed by atoms with van der Waals surface area (Å²) >= 11 is 0. The summed E-state index contributed by atoms with van der Waals surface area (Å²) in [7, 11) is 0. The predicted molar refractivity (Wildman–Crippen MR) is 83.2 cm³/mol. The lowest BCUT2D eigenvalue weighted by Gasteiger charge is -2.13. The van der Waals surface area contributed by atoms with Gasteiger partial charge in [-0.1, -0.05) is 69.3 Å². The minimum Gasteiger partial charge on any atom is -0.310 e. The number of rotatable bonds is 5. The Balaban J connectivity index is 2.27. The van der Waals surface area contributed by atoms with Gasteiger partial charge in [0.2, 0.25) is 0 Å². The zero-order valence-corrected chi connectivity index (χ0v) is 12.1. The second kappa shape index (κ2) is 6.53. The Kier molecular flexibility index (Phi) is 4.75. The van der Waals surface area contributed by atoms with E-state index in [9.17, 15) is 0 Å². The van der Waals surface area contributed by atoms with Crippen molar-refractivity contribution in [2.24, 2.45) is 0 Å². The van der Waals surface area contributed by atoms with E-state index in [2.05, 4.69) is 74.6 Å². The van der Waals surface area contributed by atoms with Crippen molar-refractivity contribution < 1.29 is 0 Å². The zero-order valence-electron chi connectivity index (χ0n) is 12.1. The predicted octanol–water partition coefficient (Wildman–Crippen LogP) is 4.41. The maximum absolute atomic E-state index is 3.49. The van der Waals surface area contributed by atoms with Crippen molar-refractivity contribution >= 4 is 0 Å². The fourth-order valence-corrected chi connectivity index (χ4v) is 2.19. The van der Waals surface area contributed by atoms with Gasteiger partial charge in [-0.25, -0.2) is 0 Å². The Morgan fingerprint density at radius 3 is 2.26 bits per heavy atom. The first-order valence-corrected chi connectivity index (χ1v) is 7.11. The summed E-state index contributed by atoms with van der Waals surface area (Å²) in [5.41, 5.74) is 5.39. The fraction of sp³-hybridized carbons (Fsp3) is 0.333. The average Bonchev–Trinajstić information content (AvgIpc) is 2.45. The van der Waals surface area contributed by atoms with Crippen molar-refractivity contribution in [3.8, 4) is 11.1 Å². The maximum atomic E-state index is 3.49. The number of hydrogen-bond donors (Lipinski definition) is 1. The standard InChI is InChI=1S/C18H23N/c1-4-15-9-11-16(12-10-15)18-8-6-5-7-17(18)13-19-14(2)3/h5-12,14,19H,4,13H2,1-3H3. The molecule has 0 atom stereocenters. The number of nitrogens with one attached hydrogen (secondary N) is 1. The molecule has 2 aromatic carbocycles. The van der Waals surface area contributed by atoms with Crippen LogP contribution in [-0.2, 0) is 13.0 Å². The summed E-state index contributed by atoms with van der Waals surface area (Å²) in [6.45, 7) is 7.47. The Morgan fingerprint density at radius 2 is 1.63 bits per heavy atom. The van der Waals surface area contributed by atoms with Crippen molar-refractivity contribution in [2.75, 3.05) is 0 Å². The zero-order chi connectivity index (χ0) is 13.7. The average molecular weight is 253 g/mol. The summed E-state index contributed by atoms with van der Waals surface area (Å²) in [6.07, 6.45) is 1.09. The molecular formula is C18H23N. The van der Waals surface area contributed by atoms with Gasteiger partial charge in [-0.3, -0.25) is 0 Å². The highest BCUT2D eigenvalue weighted by Gasteiger charge is 2.04. The maximum Gasteiger partial charge on any atom is 0.0214 e. The molecule has 2 rings (SSSR count). The summed E-state index contributed by atoms with van der Waals surface area (Å²) in [6, 6.07) is 18.1. The van der Waals surface area contributed by atoms with Gasteiger partial charge in [0.05, 0.1) is 0 Å². The SMILES string of the molecule is CCc1ccc(-c2ccccc2CNC(C)C)cc1. The first kappa shape index (κ1) is 13.8. The third-order valence-corrected chi connectivity index (χ3v) is 3.39. The Morgan fingerprint density at radius 1 is 0.947 bits per heavy atom. The molecule has 0 aliphatic heterocycles. The number of benzene rings is 2. The van der Waals surface area contributed by atoms with Crippen LogP contribution in [-0.4, -0.2) is 6.04 Å². The van der Waals surface area contributed by atoms with Crippen LogP contribution in [0.4, 0.5) is 0 Å². The Labute approximate surface area is 116 Å². The monoisotopic (exact) mass is 253 g/mol. The van der Waals surface area contributed by atoms with Gasteiger partial charge in [0.1, 0.15) is 0 Å². The van der Waals surface area contributed by atoms with Gasteiger partial charge in [0, 0.05) is 12.6 Å². The van der Waals surface area contributed by atoms with Gasteiger partial charge >= 0.3 is 0 Å². The topological polar surface area (TPSA) is 12.0 Å². The fourth-order valence-electron chi connectivity index (χ4n) is 2.19. The highest BCUT2D eigenvalue weighted by molar-refractivity contribution is 5.67. The third-order valence-electron chi connectivity index (χ3n) is 3.39. The van der Waals surface area contributed by atoms with Gasteiger partial charge in [-0.15, -0.1) is 0 Å².